The van der Waals surface area contributed by atoms with Gasteiger partial charge in [0.05, 0.1) is 6.16 Å². The predicted molar refractivity (Wildman–Crippen MR) is 96.2 cm³/mol. The van der Waals surface area contributed by atoms with E-state index in [0.29, 0.717) is 34.8 Å². The van der Waals surface area contributed by atoms with Crippen LogP contribution in [0.15, 0.2) is 18.2 Å². The van der Waals surface area contributed by atoms with Gasteiger partial charge >= 0.3 is 7.60 Å². The molecule has 3 rings (SSSR count). The Morgan fingerprint density at radius 3 is 2.75 bits per heavy atom. The first-order valence-electron chi connectivity index (χ1n) is 7.15. The molecule has 0 fully saturated rings. The Bertz CT molecular complexity index is 956. The second-order valence-corrected chi connectivity index (χ2v) is 8.07. The van der Waals surface area contributed by atoms with Gasteiger partial charge in [-0.25, -0.2) is 4.98 Å². The second kappa shape index (κ2) is 6.50. The molecule has 0 aliphatic heterocycles. The van der Waals surface area contributed by atoms with Gasteiger partial charge in [0.1, 0.15) is 11.0 Å². The molecular formula is C14H15Cl2N4O3P. The molecule has 7 nitrogen and oxygen atoms in total. The highest BCUT2D eigenvalue weighted by molar-refractivity contribution is 7.51. The van der Waals surface area contributed by atoms with Crippen molar-refractivity contribution in [1.82, 2.24) is 15.0 Å². The van der Waals surface area contributed by atoms with E-state index in [9.17, 15) is 4.57 Å². The van der Waals surface area contributed by atoms with Gasteiger partial charge in [-0.1, -0.05) is 11.6 Å². The zero-order chi connectivity index (χ0) is 17.5. The molecule has 2 heterocycles. The summed E-state index contributed by atoms with van der Waals surface area (Å²) in [6.07, 6.45) is 0.150. The van der Waals surface area contributed by atoms with E-state index in [1.165, 1.54) is 0 Å². The molecule has 128 valence electrons. The average Bonchev–Trinajstić information content (AvgIpc) is 2.83. The van der Waals surface area contributed by atoms with Crippen LogP contribution in [0.2, 0.25) is 10.3 Å². The van der Waals surface area contributed by atoms with Crippen LogP contribution in [0.1, 0.15) is 6.42 Å². The highest BCUT2D eigenvalue weighted by atomic mass is 35.5. The molecule has 0 saturated carbocycles. The van der Waals surface area contributed by atoms with E-state index in [4.69, 9.17) is 33.0 Å². The van der Waals surface area contributed by atoms with Crippen molar-refractivity contribution in [3.63, 3.8) is 0 Å². The molecule has 10 heteroatoms. The minimum absolute atomic E-state index is 0.0974. The topological polar surface area (TPSA) is 102 Å². The summed E-state index contributed by atoms with van der Waals surface area (Å²) in [4.78, 5) is 31.5. The molecular weight excluding hydrogens is 374 g/mol. The van der Waals surface area contributed by atoms with Gasteiger partial charge in [-0.15, -0.1) is 0 Å². The lowest BCUT2D eigenvalue weighted by Crippen LogP contribution is -2.21. The normalized spacial score (nSPS) is 12.2. The molecule has 2 aromatic heterocycles. The van der Waals surface area contributed by atoms with Crippen LogP contribution in [0.25, 0.3) is 21.9 Å². The van der Waals surface area contributed by atoms with Gasteiger partial charge in [-0.2, -0.15) is 4.98 Å². The maximum absolute atomic E-state index is 11.0. The number of nitrogens with zero attached hydrogens (tertiary/aromatic N) is 3. The highest BCUT2D eigenvalue weighted by Crippen LogP contribution is 2.35. The van der Waals surface area contributed by atoms with E-state index < -0.39 is 7.60 Å². The Balaban J connectivity index is 2.01. The largest absolute Gasteiger partial charge is 0.358 e. The molecule has 0 saturated heterocycles. The molecule has 0 aliphatic rings. The Kier molecular flexibility index (Phi) is 4.73. The van der Waals surface area contributed by atoms with E-state index in [-0.39, 0.29) is 11.4 Å². The average molecular weight is 389 g/mol. The summed E-state index contributed by atoms with van der Waals surface area (Å²) in [5.41, 5.74) is 2.22. The van der Waals surface area contributed by atoms with Crippen LogP contribution in [0.4, 0.5) is 5.82 Å². The van der Waals surface area contributed by atoms with E-state index in [2.05, 4.69) is 15.0 Å². The maximum atomic E-state index is 11.0. The lowest BCUT2D eigenvalue weighted by Gasteiger charge is -2.18. The molecule has 0 radical (unpaired) electrons. The minimum atomic E-state index is -4.01. The number of benzene rings is 1. The summed E-state index contributed by atoms with van der Waals surface area (Å²) in [7, 11) is -2.22. The number of fused-ring (bicyclic) bond motifs is 3. The molecule has 3 N–H and O–H groups in total. The van der Waals surface area contributed by atoms with Crippen molar-refractivity contribution in [2.75, 3.05) is 24.7 Å². The maximum Gasteiger partial charge on any atom is 0.325 e. The Morgan fingerprint density at radius 2 is 2.04 bits per heavy atom. The minimum Gasteiger partial charge on any atom is -0.358 e. The molecule has 0 unspecified atom stereocenters. The van der Waals surface area contributed by atoms with Gasteiger partial charge < -0.3 is 19.7 Å². The van der Waals surface area contributed by atoms with Crippen LogP contribution in [0, 0.1) is 0 Å². The van der Waals surface area contributed by atoms with Gasteiger partial charge in [-0.05, 0) is 36.2 Å². The van der Waals surface area contributed by atoms with Crippen molar-refractivity contribution in [3.05, 3.63) is 28.5 Å². The molecule has 0 amide bonds. The van der Waals surface area contributed by atoms with E-state index >= 15 is 0 Å². The van der Waals surface area contributed by atoms with Crippen molar-refractivity contribution in [2.45, 2.75) is 6.42 Å². The third-order valence-electron chi connectivity index (χ3n) is 3.66. The van der Waals surface area contributed by atoms with Gasteiger partial charge in [-0.3, -0.25) is 4.57 Å². The van der Waals surface area contributed by atoms with Gasteiger partial charge in [0.2, 0.25) is 5.28 Å². The van der Waals surface area contributed by atoms with Crippen molar-refractivity contribution in [3.8, 4) is 0 Å². The number of aromatic amines is 1. The molecule has 1 aromatic carbocycles. The Morgan fingerprint density at radius 1 is 1.29 bits per heavy atom. The monoisotopic (exact) mass is 388 g/mol. The molecule has 0 atom stereocenters. The molecule has 0 bridgehead atoms. The van der Waals surface area contributed by atoms with E-state index in [1.54, 1.807) is 24.1 Å². The predicted octanol–water partition coefficient (Wildman–Crippen LogP) is 3.42. The quantitative estimate of drug-likeness (QED) is 0.457. The zero-order valence-electron chi connectivity index (χ0n) is 12.7. The summed E-state index contributed by atoms with van der Waals surface area (Å²) >= 11 is 12.1. The smallest absolute Gasteiger partial charge is 0.325 e. The summed E-state index contributed by atoms with van der Waals surface area (Å²) in [5, 5.41) is 1.53. The fourth-order valence-electron chi connectivity index (χ4n) is 2.58. The molecule has 0 spiro atoms. The fourth-order valence-corrected chi connectivity index (χ4v) is 3.47. The second-order valence-electron chi connectivity index (χ2n) is 5.52. The molecule has 3 aromatic rings. The summed E-state index contributed by atoms with van der Waals surface area (Å²) in [6.45, 7) is 0.420. The number of hydrogen-bond donors (Lipinski definition) is 3. The standard InChI is InChI=1S/C14H15Cl2N4O3P/c1-20(5-2-6-24(21,22)23)13-12-11(18-14(16)19-13)9-7-8(15)3-4-10(9)17-12/h3-4,7,17H,2,5-6H2,1H3,(H2,21,22,23). The van der Waals surface area contributed by atoms with Crippen LogP contribution in [0.3, 0.4) is 0 Å². The molecule has 24 heavy (non-hydrogen) atoms. The lowest BCUT2D eigenvalue weighted by molar-refractivity contribution is 0.372. The summed E-state index contributed by atoms with van der Waals surface area (Å²) in [5.74, 6) is 0.572. The number of hydrogen-bond acceptors (Lipinski definition) is 4. The SMILES string of the molecule is CN(CCCP(=O)(O)O)c1nc(Cl)nc2c1[nH]c1ccc(Cl)cc12. The highest BCUT2D eigenvalue weighted by Gasteiger charge is 2.17. The summed E-state index contributed by atoms with van der Waals surface area (Å²) < 4.78 is 11.0. The van der Waals surface area contributed by atoms with Crippen molar-refractivity contribution >= 4 is 58.6 Å². The number of aromatic nitrogens is 3. The summed E-state index contributed by atoms with van der Waals surface area (Å²) in [6, 6.07) is 5.43. The number of nitrogens with one attached hydrogen (secondary N) is 1. The number of halogens is 2. The van der Waals surface area contributed by atoms with Crippen LogP contribution in [0.5, 0.6) is 0 Å². The van der Waals surface area contributed by atoms with Crippen LogP contribution < -0.4 is 4.90 Å². The van der Waals surface area contributed by atoms with Gasteiger partial charge in [0.25, 0.3) is 0 Å². The van der Waals surface area contributed by atoms with Gasteiger partial charge in [0.15, 0.2) is 5.82 Å². The first-order valence-corrected chi connectivity index (χ1v) is 9.70. The van der Waals surface area contributed by atoms with E-state index in [1.807, 2.05) is 6.07 Å². The number of anilines is 1. The van der Waals surface area contributed by atoms with Crippen molar-refractivity contribution < 1.29 is 14.4 Å². The molecule has 0 aliphatic carbocycles. The van der Waals surface area contributed by atoms with Gasteiger partial charge in [0, 0.05) is 29.5 Å². The lowest BCUT2D eigenvalue weighted by atomic mass is 10.2. The van der Waals surface area contributed by atoms with Crippen molar-refractivity contribution in [1.29, 1.82) is 0 Å². The Hall–Kier alpha value is -1.37. The van der Waals surface area contributed by atoms with E-state index in [0.717, 1.165) is 10.9 Å². The van der Waals surface area contributed by atoms with Crippen LogP contribution in [-0.2, 0) is 4.57 Å². The number of rotatable bonds is 5. The third-order valence-corrected chi connectivity index (χ3v) is 4.97. The van der Waals surface area contributed by atoms with Crippen LogP contribution in [-0.4, -0.2) is 44.5 Å². The third kappa shape index (κ3) is 3.66. The first kappa shape index (κ1) is 17.5. The van der Waals surface area contributed by atoms with Crippen molar-refractivity contribution in [2.24, 2.45) is 0 Å². The number of H-pyrrole nitrogens is 1. The fraction of sp³-hybridized carbons (Fsp3) is 0.286. The first-order chi connectivity index (χ1) is 11.2. The van der Waals surface area contributed by atoms with Crippen LogP contribution >= 0.6 is 30.8 Å². The Labute approximate surface area is 147 Å². The zero-order valence-corrected chi connectivity index (χ0v) is 15.1.